The second-order valence-corrected chi connectivity index (χ2v) is 4.82. The van der Waals surface area contributed by atoms with Crippen molar-refractivity contribution in [1.29, 1.82) is 5.41 Å². The zero-order valence-electron chi connectivity index (χ0n) is 12.1. The SMILES string of the molecule is CCN(c1cccc(C)c1)c1nc(C)ccc1C(=N)N. The summed E-state index contributed by atoms with van der Waals surface area (Å²) in [5.41, 5.74) is 9.52. The van der Waals surface area contributed by atoms with Gasteiger partial charge in [0, 0.05) is 17.9 Å². The van der Waals surface area contributed by atoms with Crippen LogP contribution in [0.1, 0.15) is 23.7 Å². The first-order valence-electron chi connectivity index (χ1n) is 6.69. The van der Waals surface area contributed by atoms with Crippen molar-refractivity contribution in [3.05, 3.63) is 53.2 Å². The molecule has 0 saturated heterocycles. The normalized spacial score (nSPS) is 10.3. The van der Waals surface area contributed by atoms with Crippen molar-refractivity contribution < 1.29 is 0 Å². The average molecular weight is 268 g/mol. The number of benzene rings is 1. The number of hydrogen-bond donors (Lipinski definition) is 2. The molecule has 0 aliphatic heterocycles. The molecule has 0 spiro atoms. The molecule has 0 aliphatic rings. The number of rotatable bonds is 4. The van der Waals surface area contributed by atoms with E-state index in [1.165, 1.54) is 5.56 Å². The van der Waals surface area contributed by atoms with Crippen molar-refractivity contribution in [2.45, 2.75) is 20.8 Å². The summed E-state index contributed by atoms with van der Waals surface area (Å²) < 4.78 is 0. The molecule has 0 amide bonds. The molecule has 3 N–H and O–H groups in total. The van der Waals surface area contributed by atoms with Crippen molar-refractivity contribution >= 4 is 17.3 Å². The van der Waals surface area contributed by atoms with Crippen molar-refractivity contribution in [1.82, 2.24) is 4.98 Å². The van der Waals surface area contributed by atoms with Crippen LogP contribution in [0.3, 0.4) is 0 Å². The minimum absolute atomic E-state index is 0.0404. The van der Waals surface area contributed by atoms with E-state index in [-0.39, 0.29) is 5.84 Å². The van der Waals surface area contributed by atoms with Gasteiger partial charge >= 0.3 is 0 Å². The summed E-state index contributed by atoms with van der Waals surface area (Å²) >= 11 is 0. The summed E-state index contributed by atoms with van der Waals surface area (Å²) in [6.45, 7) is 6.83. The maximum absolute atomic E-state index is 7.73. The van der Waals surface area contributed by atoms with E-state index < -0.39 is 0 Å². The van der Waals surface area contributed by atoms with Gasteiger partial charge in [-0.25, -0.2) is 4.98 Å². The van der Waals surface area contributed by atoms with Crippen LogP contribution in [0.15, 0.2) is 36.4 Å². The second-order valence-electron chi connectivity index (χ2n) is 4.82. The van der Waals surface area contributed by atoms with Crippen LogP contribution in [0.2, 0.25) is 0 Å². The number of pyridine rings is 1. The molecule has 2 aromatic rings. The highest BCUT2D eigenvalue weighted by Crippen LogP contribution is 2.27. The Morgan fingerprint density at radius 1 is 1.25 bits per heavy atom. The van der Waals surface area contributed by atoms with E-state index in [9.17, 15) is 0 Å². The summed E-state index contributed by atoms with van der Waals surface area (Å²) in [4.78, 5) is 6.66. The van der Waals surface area contributed by atoms with Crippen LogP contribution in [0.4, 0.5) is 11.5 Å². The fourth-order valence-corrected chi connectivity index (χ4v) is 2.21. The standard InChI is InChI=1S/C16H20N4/c1-4-20(13-7-5-6-11(2)10-13)16-14(15(17)18)9-8-12(3)19-16/h5-10H,4H2,1-3H3,(H3,17,18). The summed E-state index contributed by atoms with van der Waals surface area (Å²) in [5, 5.41) is 7.73. The van der Waals surface area contributed by atoms with E-state index in [2.05, 4.69) is 35.9 Å². The fraction of sp³-hybridized carbons (Fsp3) is 0.250. The number of nitrogen functional groups attached to an aromatic ring is 1. The predicted octanol–water partition coefficient (Wildman–Crippen LogP) is 3.14. The number of anilines is 2. The lowest BCUT2D eigenvalue weighted by molar-refractivity contribution is 0.974. The Balaban J connectivity index is 2.57. The Bertz CT molecular complexity index is 634. The fourth-order valence-electron chi connectivity index (χ4n) is 2.21. The number of aromatic nitrogens is 1. The number of amidine groups is 1. The Morgan fingerprint density at radius 2 is 2.00 bits per heavy atom. The van der Waals surface area contributed by atoms with Crippen LogP contribution in [0.5, 0.6) is 0 Å². The molecule has 1 heterocycles. The van der Waals surface area contributed by atoms with Crippen LogP contribution in [0.25, 0.3) is 0 Å². The molecule has 0 radical (unpaired) electrons. The number of nitrogens with two attached hydrogens (primary N) is 1. The third kappa shape index (κ3) is 2.79. The number of hydrogen-bond acceptors (Lipinski definition) is 3. The van der Waals surface area contributed by atoms with Gasteiger partial charge in [-0.1, -0.05) is 12.1 Å². The molecule has 4 nitrogen and oxygen atoms in total. The molecule has 2 rings (SSSR count). The van der Waals surface area contributed by atoms with E-state index in [0.29, 0.717) is 5.56 Å². The van der Waals surface area contributed by atoms with E-state index in [4.69, 9.17) is 11.1 Å². The van der Waals surface area contributed by atoms with Gasteiger partial charge in [-0.05, 0) is 50.6 Å². The molecule has 4 heteroatoms. The molecule has 1 aromatic heterocycles. The zero-order valence-corrected chi connectivity index (χ0v) is 12.1. The number of nitrogens with one attached hydrogen (secondary N) is 1. The quantitative estimate of drug-likeness (QED) is 0.661. The van der Waals surface area contributed by atoms with Crippen molar-refractivity contribution in [3.63, 3.8) is 0 Å². The Hall–Kier alpha value is -2.36. The average Bonchev–Trinajstić information content (AvgIpc) is 2.39. The van der Waals surface area contributed by atoms with Crippen LogP contribution in [-0.2, 0) is 0 Å². The van der Waals surface area contributed by atoms with Gasteiger partial charge in [0.2, 0.25) is 0 Å². The molecule has 104 valence electrons. The van der Waals surface area contributed by atoms with Gasteiger partial charge in [0.15, 0.2) is 0 Å². The minimum atomic E-state index is 0.0404. The van der Waals surface area contributed by atoms with E-state index in [1.807, 2.05) is 31.2 Å². The summed E-state index contributed by atoms with van der Waals surface area (Å²) in [5.74, 6) is 0.782. The molecule has 20 heavy (non-hydrogen) atoms. The summed E-state index contributed by atoms with van der Waals surface area (Å²) in [6.07, 6.45) is 0. The molecular weight excluding hydrogens is 248 g/mol. The lowest BCUT2D eigenvalue weighted by Gasteiger charge is -2.25. The second kappa shape index (κ2) is 5.74. The minimum Gasteiger partial charge on any atom is -0.384 e. The maximum atomic E-state index is 7.73. The highest BCUT2D eigenvalue weighted by molar-refractivity contribution is 6.00. The third-order valence-electron chi connectivity index (χ3n) is 3.19. The Kier molecular flexibility index (Phi) is 4.03. The van der Waals surface area contributed by atoms with E-state index >= 15 is 0 Å². The highest BCUT2D eigenvalue weighted by Gasteiger charge is 2.15. The number of aryl methyl sites for hydroxylation is 2. The van der Waals surface area contributed by atoms with Gasteiger partial charge in [-0.3, -0.25) is 5.41 Å². The first-order chi connectivity index (χ1) is 9.52. The van der Waals surface area contributed by atoms with Crippen LogP contribution < -0.4 is 10.6 Å². The monoisotopic (exact) mass is 268 g/mol. The van der Waals surface area contributed by atoms with Gasteiger partial charge < -0.3 is 10.6 Å². The Labute approximate surface area is 119 Å². The highest BCUT2D eigenvalue weighted by atomic mass is 15.2. The van der Waals surface area contributed by atoms with E-state index in [0.717, 1.165) is 23.7 Å². The van der Waals surface area contributed by atoms with Gasteiger partial charge in [0.1, 0.15) is 11.7 Å². The molecule has 0 bridgehead atoms. The largest absolute Gasteiger partial charge is 0.384 e. The molecule has 0 atom stereocenters. The van der Waals surface area contributed by atoms with Crippen LogP contribution in [0, 0.1) is 19.3 Å². The molecule has 0 fully saturated rings. The predicted molar refractivity (Wildman–Crippen MR) is 83.8 cm³/mol. The summed E-state index contributed by atoms with van der Waals surface area (Å²) in [7, 11) is 0. The van der Waals surface area contributed by atoms with E-state index in [1.54, 1.807) is 0 Å². The third-order valence-corrected chi connectivity index (χ3v) is 3.19. The van der Waals surface area contributed by atoms with Gasteiger partial charge in [0.25, 0.3) is 0 Å². The number of nitrogens with zero attached hydrogens (tertiary/aromatic N) is 2. The smallest absolute Gasteiger partial charge is 0.144 e. The lowest BCUT2D eigenvalue weighted by atomic mass is 10.1. The topological polar surface area (TPSA) is 66.0 Å². The van der Waals surface area contributed by atoms with Gasteiger partial charge in [-0.2, -0.15) is 0 Å². The Morgan fingerprint density at radius 3 is 2.60 bits per heavy atom. The molecule has 0 aliphatic carbocycles. The van der Waals surface area contributed by atoms with Crippen molar-refractivity contribution in [2.75, 3.05) is 11.4 Å². The first kappa shape index (κ1) is 14.1. The van der Waals surface area contributed by atoms with Crippen LogP contribution in [-0.4, -0.2) is 17.4 Å². The first-order valence-corrected chi connectivity index (χ1v) is 6.69. The molecule has 0 unspecified atom stereocenters. The van der Waals surface area contributed by atoms with Crippen molar-refractivity contribution in [2.24, 2.45) is 5.73 Å². The zero-order chi connectivity index (χ0) is 14.7. The molecule has 1 aromatic carbocycles. The molecule has 0 saturated carbocycles. The molecular formula is C16H20N4. The van der Waals surface area contributed by atoms with Crippen molar-refractivity contribution in [3.8, 4) is 0 Å². The lowest BCUT2D eigenvalue weighted by Crippen LogP contribution is -2.23. The van der Waals surface area contributed by atoms with Gasteiger partial charge in [-0.15, -0.1) is 0 Å². The van der Waals surface area contributed by atoms with Crippen LogP contribution >= 0.6 is 0 Å². The summed E-state index contributed by atoms with van der Waals surface area (Å²) in [6, 6.07) is 12.0. The van der Waals surface area contributed by atoms with Gasteiger partial charge in [0.05, 0.1) is 5.56 Å². The maximum Gasteiger partial charge on any atom is 0.144 e.